The van der Waals surface area contributed by atoms with Crippen molar-refractivity contribution in [1.82, 2.24) is 0 Å². The highest BCUT2D eigenvalue weighted by Crippen LogP contribution is 2.28. The molecule has 2 aromatic rings. The normalized spacial score (nSPS) is 13.8. The summed E-state index contributed by atoms with van der Waals surface area (Å²) in [6.45, 7) is 3.23. The molecule has 0 bridgehead atoms. The van der Waals surface area contributed by atoms with E-state index in [-0.39, 0.29) is 12.2 Å². The number of hydrogen-bond donors (Lipinski definition) is 2. The molecule has 0 aliphatic rings. The first kappa shape index (κ1) is 14.5. The molecular weight excluding hydrogens is 260 g/mol. The Kier molecular flexibility index (Phi) is 4.04. The highest BCUT2D eigenvalue weighted by Gasteiger charge is 2.29. The Morgan fingerprint density at radius 3 is 2.35 bits per heavy atom. The largest absolute Gasteiger partial charge is 0.394 e. The van der Waals surface area contributed by atoms with Crippen LogP contribution in [0.5, 0.6) is 0 Å². The lowest BCUT2D eigenvalue weighted by Gasteiger charge is -2.31. The summed E-state index contributed by atoms with van der Waals surface area (Å²) in [5.74, 6) is -1.09. The van der Waals surface area contributed by atoms with Crippen LogP contribution in [0.1, 0.15) is 18.1 Å². The van der Waals surface area contributed by atoms with Crippen molar-refractivity contribution < 1.29 is 13.9 Å². The molecule has 4 heteroatoms. The monoisotopic (exact) mass is 277 g/mol. The van der Waals surface area contributed by atoms with Gasteiger partial charge >= 0.3 is 0 Å². The average molecular weight is 277 g/mol. The van der Waals surface area contributed by atoms with Crippen molar-refractivity contribution in [2.45, 2.75) is 19.4 Å². The van der Waals surface area contributed by atoms with Crippen LogP contribution in [0.2, 0.25) is 0 Å². The number of aliphatic hydroxyl groups excluding tert-OH is 1. The molecule has 0 fully saturated rings. The van der Waals surface area contributed by atoms with Gasteiger partial charge in [-0.25, -0.2) is 8.78 Å². The van der Waals surface area contributed by atoms with Crippen LogP contribution in [0.4, 0.5) is 14.5 Å². The number of rotatable bonds is 4. The number of nitrogens with one attached hydrogen (secondary N) is 1. The molecule has 0 spiro atoms. The second-order valence-corrected chi connectivity index (χ2v) is 5.11. The third-order valence-electron chi connectivity index (χ3n) is 3.31. The van der Waals surface area contributed by atoms with Gasteiger partial charge in [0, 0.05) is 11.3 Å². The molecule has 2 rings (SSSR count). The molecule has 2 nitrogen and oxygen atoms in total. The fraction of sp³-hybridized carbons (Fsp3) is 0.250. The fourth-order valence-corrected chi connectivity index (χ4v) is 2.07. The highest BCUT2D eigenvalue weighted by molar-refractivity contribution is 5.49. The van der Waals surface area contributed by atoms with Gasteiger partial charge in [0.15, 0.2) is 0 Å². The summed E-state index contributed by atoms with van der Waals surface area (Å²) in [5, 5.41) is 12.7. The van der Waals surface area contributed by atoms with E-state index in [9.17, 15) is 13.9 Å². The van der Waals surface area contributed by atoms with Crippen molar-refractivity contribution in [3.63, 3.8) is 0 Å². The minimum atomic E-state index is -1.10. The number of benzene rings is 2. The maximum atomic E-state index is 13.9. The Morgan fingerprint density at radius 2 is 1.75 bits per heavy atom. The van der Waals surface area contributed by atoms with E-state index in [1.165, 1.54) is 0 Å². The van der Waals surface area contributed by atoms with Crippen molar-refractivity contribution in [3.8, 4) is 0 Å². The van der Waals surface area contributed by atoms with Gasteiger partial charge in [0.25, 0.3) is 0 Å². The predicted molar refractivity (Wildman–Crippen MR) is 75.6 cm³/mol. The van der Waals surface area contributed by atoms with Crippen molar-refractivity contribution in [2.75, 3.05) is 11.9 Å². The van der Waals surface area contributed by atoms with Crippen LogP contribution in [0, 0.1) is 18.6 Å². The molecule has 0 aliphatic heterocycles. The van der Waals surface area contributed by atoms with E-state index in [2.05, 4.69) is 5.32 Å². The Bertz CT molecular complexity index is 598. The van der Waals surface area contributed by atoms with Crippen LogP contribution >= 0.6 is 0 Å². The van der Waals surface area contributed by atoms with E-state index in [0.717, 1.165) is 29.4 Å². The van der Waals surface area contributed by atoms with Gasteiger partial charge in [-0.3, -0.25) is 0 Å². The van der Waals surface area contributed by atoms with Crippen LogP contribution in [-0.4, -0.2) is 11.7 Å². The number of hydrogen-bond acceptors (Lipinski definition) is 2. The highest BCUT2D eigenvalue weighted by atomic mass is 19.1. The molecule has 0 saturated carbocycles. The number of aliphatic hydroxyl groups is 1. The van der Waals surface area contributed by atoms with Crippen molar-refractivity contribution in [2.24, 2.45) is 0 Å². The van der Waals surface area contributed by atoms with Gasteiger partial charge in [-0.1, -0.05) is 17.7 Å². The zero-order valence-electron chi connectivity index (χ0n) is 11.5. The predicted octanol–water partition coefficient (Wildman–Crippen LogP) is 3.59. The van der Waals surface area contributed by atoms with Crippen molar-refractivity contribution in [3.05, 3.63) is 65.2 Å². The Balaban J connectivity index is 2.37. The van der Waals surface area contributed by atoms with Gasteiger partial charge in [-0.2, -0.15) is 0 Å². The van der Waals surface area contributed by atoms with E-state index in [0.29, 0.717) is 0 Å². The first-order chi connectivity index (χ1) is 9.44. The molecule has 0 amide bonds. The molecule has 2 aromatic carbocycles. The summed E-state index contributed by atoms with van der Waals surface area (Å²) in [6.07, 6.45) is 0. The lowest BCUT2D eigenvalue weighted by atomic mass is 9.91. The summed E-state index contributed by atoms with van der Waals surface area (Å²) in [6, 6.07) is 10.7. The maximum absolute atomic E-state index is 13.9. The molecule has 1 unspecified atom stereocenters. The zero-order chi connectivity index (χ0) is 14.8. The van der Waals surface area contributed by atoms with Gasteiger partial charge in [-0.05, 0) is 44.2 Å². The molecule has 0 saturated heterocycles. The fourth-order valence-electron chi connectivity index (χ4n) is 2.07. The van der Waals surface area contributed by atoms with Gasteiger partial charge < -0.3 is 10.4 Å². The molecule has 2 N–H and O–H groups in total. The van der Waals surface area contributed by atoms with Crippen molar-refractivity contribution >= 4 is 5.69 Å². The average Bonchev–Trinajstić information content (AvgIpc) is 2.44. The van der Waals surface area contributed by atoms with Crippen LogP contribution in [0.15, 0.2) is 42.5 Å². The third-order valence-corrected chi connectivity index (χ3v) is 3.31. The summed E-state index contributed by atoms with van der Waals surface area (Å²) >= 11 is 0. The third kappa shape index (κ3) is 2.96. The number of halogens is 2. The van der Waals surface area contributed by atoms with Gasteiger partial charge in [0.2, 0.25) is 0 Å². The van der Waals surface area contributed by atoms with E-state index >= 15 is 0 Å². The second-order valence-electron chi connectivity index (χ2n) is 5.11. The summed E-state index contributed by atoms with van der Waals surface area (Å²) in [7, 11) is 0. The first-order valence-electron chi connectivity index (χ1n) is 6.36. The molecule has 0 heterocycles. The number of aryl methyl sites for hydroxylation is 1. The number of anilines is 1. The summed E-state index contributed by atoms with van der Waals surface area (Å²) in [5.41, 5.74) is 0.830. The second kappa shape index (κ2) is 5.59. The van der Waals surface area contributed by atoms with Crippen molar-refractivity contribution in [1.29, 1.82) is 0 Å². The topological polar surface area (TPSA) is 32.3 Å². The molecule has 20 heavy (non-hydrogen) atoms. The lowest BCUT2D eigenvalue weighted by Crippen LogP contribution is -2.37. The summed E-state index contributed by atoms with van der Waals surface area (Å²) < 4.78 is 27.2. The van der Waals surface area contributed by atoms with Crippen LogP contribution < -0.4 is 5.32 Å². The van der Waals surface area contributed by atoms with Gasteiger partial charge in [-0.15, -0.1) is 0 Å². The van der Waals surface area contributed by atoms with Gasteiger partial charge in [0.05, 0.1) is 12.1 Å². The van der Waals surface area contributed by atoms with E-state index < -0.39 is 17.2 Å². The minimum absolute atomic E-state index is 0.0978. The van der Waals surface area contributed by atoms with E-state index in [1.807, 2.05) is 31.2 Å². The zero-order valence-corrected chi connectivity index (χ0v) is 11.5. The van der Waals surface area contributed by atoms with Gasteiger partial charge in [0.1, 0.15) is 11.6 Å². The van der Waals surface area contributed by atoms with E-state index in [4.69, 9.17) is 0 Å². The quantitative estimate of drug-likeness (QED) is 0.895. The Labute approximate surface area is 117 Å². The minimum Gasteiger partial charge on any atom is -0.394 e. The maximum Gasteiger partial charge on any atom is 0.129 e. The SMILES string of the molecule is Cc1ccc(NC(C)(CO)c2cc(F)ccc2F)cc1. The Hall–Kier alpha value is -1.94. The lowest BCUT2D eigenvalue weighted by molar-refractivity contribution is 0.220. The molecule has 0 radical (unpaired) electrons. The molecule has 0 aromatic heterocycles. The summed E-state index contributed by atoms with van der Waals surface area (Å²) in [4.78, 5) is 0. The molecule has 1 atom stereocenters. The standard InChI is InChI=1S/C16H17F2NO/c1-11-3-6-13(7-4-11)19-16(2,10-20)14-9-12(17)5-8-15(14)18/h3-9,19-20H,10H2,1-2H3. The Morgan fingerprint density at radius 1 is 1.10 bits per heavy atom. The molecular formula is C16H17F2NO. The van der Waals surface area contributed by atoms with Crippen LogP contribution in [-0.2, 0) is 5.54 Å². The van der Waals surface area contributed by atoms with Crippen LogP contribution in [0.25, 0.3) is 0 Å². The smallest absolute Gasteiger partial charge is 0.129 e. The first-order valence-corrected chi connectivity index (χ1v) is 6.36. The van der Waals surface area contributed by atoms with E-state index in [1.54, 1.807) is 6.92 Å². The van der Waals surface area contributed by atoms with Crippen LogP contribution in [0.3, 0.4) is 0 Å². The molecule has 0 aliphatic carbocycles. The molecule has 106 valence electrons.